The number of anilines is 1. The molecule has 0 aliphatic carbocycles. The van der Waals surface area contributed by atoms with Gasteiger partial charge in [0.1, 0.15) is 4.70 Å². The van der Waals surface area contributed by atoms with Crippen LogP contribution >= 0.6 is 69.5 Å². The highest BCUT2D eigenvalue weighted by Crippen LogP contribution is 2.49. The Labute approximate surface area is 261 Å². The van der Waals surface area contributed by atoms with Crippen LogP contribution in [0.15, 0.2) is 39.2 Å². The third kappa shape index (κ3) is 7.58. The van der Waals surface area contributed by atoms with Crippen molar-refractivity contribution < 1.29 is 9.56 Å². The van der Waals surface area contributed by atoms with Crippen molar-refractivity contribution >= 4 is 103 Å². The van der Waals surface area contributed by atoms with Crippen LogP contribution in [0.25, 0.3) is 16.3 Å². The topological polar surface area (TPSA) is 150 Å². The third-order valence-corrected chi connectivity index (χ3v) is 9.79. The zero-order valence-electron chi connectivity index (χ0n) is 21.5. The lowest BCUT2D eigenvalue weighted by Gasteiger charge is -2.20. The van der Waals surface area contributed by atoms with Gasteiger partial charge in [-0.25, -0.2) is 5.43 Å². The SMILES string of the molecule is NNC(N)=[NH+]CCCCN1C(=Cc2sc3cc(Cl)c(Cl)cc3[n+]2CCCCN=C(N)N)Sc2cc(Cl)c(Cl)cc21. The summed E-state index contributed by atoms with van der Waals surface area (Å²) >= 11 is 28.9. The molecule has 10 N–H and O–H groups in total. The van der Waals surface area contributed by atoms with E-state index in [-0.39, 0.29) is 5.96 Å². The first-order chi connectivity index (χ1) is 19.2. The molecule has 0 fully saturated rings. The van der Waals surface area contributed by atoms with E-state index in [1.165, 1.54) is 0 Å². The van der Waals surface area contributed by atoms with Crippen molar-refractivity contribution in [2.24, 2.45) is 28.0 Å². The van der Waals surface area contributed by atoms with Gasteiger partial charge < -0.3 is 16.4 Å². The van der Waals surface area contributed by atoms with Crippen LogP contribution in [0.4, 0.5) is 5.69 Å². The zero-order valence-corrected chi connectivity index (χ0v) is 26.2. The first kappa shape index (κ1) is 30.8. The molecular formula is C25H31Cl4N9S2+2. The molecule has 40 heavy (non-hydrogen) atoms. The fraction of sp³-hybridized carbons (Fsp3) is 0.320. The summed E-state index contributed by atoms with van der Waals surface area (Å²) in [6.07, 6.45) is 5.74. The van der Waals surface area contributed by atoms with E-state index < -0.39 is 0 Å². The molecule has 2 heterocycles. The number of aromatic nitrogens is 1. The van der Waals surface area contributed by atoms with Gasteiger partial charge in [0.15, 0.2) is 12.5 Å². The molecule has 9 nitrogen and oxygen atoms in total. The number of unbranched alkanes of at least 4 members (excludes halogenated alkanes) is 2. The number of halogens is 4. The van der Waals surface area contributed by atoms with Crippen molar-refractivity contribution in [2.75, 3.05) is 24.5 Å². The maximum absolute atomic E-state index is 6.43. The number of benzene rings is 2. The van der Waals surface area contributed by atoms with Crippen LogP contribution in [0.2, 0.25) is 20.1 Å². The van der Waals surface area contributed by atoms with E-state index >= 15 is 0 Å². The highest BCUT2D eigenvalue weighted by atomic mass is 35.5. The highest BCUT2D eigenvalue weighted by Gasteiger charge is 2.29. The van der Waals surface area contributed by atoms with Gasteiger partial charge >= 0.3 is 5.96 Å². The van der Waals surface area contributed by atoms with E-state index in [1.54, 1.807) is 23.1 Å². The van der Waals surface area contributed by atoms with Crippen LogP contribution < -0.4 is 42.9 Å². The summed E-state index contributed by atoms with van der Waals surface area (Å²) < 4.78 is 3.33. The quantitative estimate of drug-likeness (QED) is 0.0460. The number of thioether (sulfide) groups is 1. The van der Waals surface area contributed by atoms with Crippen molar-refractivity contribution in [3.8, 4) is 0 Å². The lowest BCUT2D eigenvalue weighted by molar-refractivity contribution is -0.669. The van der Waals surface area contributed by atoms with Crippen LogP contribution in [0.1, 0.15) is 30.7 Å². The molecule has 1 aliphatic rings. The summed E-state index contributed by atoms with van der Waals surface area (Å²) in [6.45, 7) is 2.82. The van der Waals surface area contributed by atoms with Crippen molar-refractivity contribution in [2.45, 2.75) is 37.1 Å². The van der Waals surface area contributed by atoms with Gasteiger partial charge in [-0.2, -0.15) is 10.4 Å². The smallest absolute Gasteiger partial charge is 0.358 e. The molecule has 0 spiro atoms. The first-order valence-electron chi connectivity index (χ1n) is 12.5. The minimum Gasteiger partial charge on any atom is -0.370 e. The number of nitrogens with one attached hydrogen (secondary N) is 2. The van der Waals surface area contributed by atoms with E-state index in [9.17, 15) is 0 Å². The van der Waals surface area contributed by atoms with Gasteiger partial charge in [0.2, 0.25) is 5.52 Å². The average Bonchev–Trinajstić information content (AvgIpc) is 3.40. The molecule has 3 aromatic rings. The molecule has 0 radical (unpaired) electrons. The number of aliphatic imine (C=N–C) groups is 1. The third-order valence-electron chi connectivity index (χ3n) is 6.16. The molecule has 15 heteroatoms. The molecule has 0 saturated heterocycles. The van der Waals surface area contributed by atoms with Crippen molar-refractivity contribution in [1.29, 1.82) is 0 Å². The Balaban J connectivity index is 1.66. The Morgan fingerprint density at radius 1 is 0.975 bits per heavy atom. The Morgan fingerprint density at radius 2 is 1.70 bits per heavy atom. The number of nitrogens with zero attached hydrogens (tertiary/aromatic N) is 3. The van der Waals surface area contributed by atoms with Crippen LogP contribution in [0.3, 0.4) is 0 Å². The molecule has 1 aromatic heterocycles. The lowest BCUT2D eigenvalue weighted by Crippen LogP contribution is -2.79. The summed E-state index contributed by atoms with van der Waals surface area (Å²) in [4.78, 5) is 10.5. The number of hydrazine groups is 1. The normalized spacial score (nSPS) is 14.3. The second kappa shape index (κ2) is 14.2. The summed E-state index contributed by atoms with van der Waals surface area (Å²) in [7, 11) is 0. The molecule has 2 aromatic carbocycles. The minimum absolute atomic E-state index is 0.104. The summed E-state index contributed by atoms with van der Waals surface area (Å²) in [6, 6.07) is 7.69. The Bertz CT molecular complexity index is 1470. The number of thiazole rings is 1. The maximum atomic E-state index is 6.43. The standard InChI is InChI=1S/C25H30Cl4N9S2/c26-14-9-18-20(11-16(14)28)39-22(37(18)7-3-1-5-34-24(30)31)13-23-38(8-4-2-6-35-25(32)36-33)19-10-15(27)17(29)12-21(19)40-23/h9-13H,1-8,33H2,(H4,30,31,34)(H3,32,35,36)/q+1/p+1. The number of guanidine groups is 2. The maximum Gasteiger partial charge on any atom is 0.358 e. The highest BCUT2D eigenvalue weighted by molar-refractivity contribution is 8.03. The molecule has 0 atom stereocenters. The van der Waals surface area contributed by atoms with Gasteiger partial charge in [-0.3, -0.25) is 15.7 Å². The van der Waals surface area contributed by atoms with E-state index in [1.807, 2.05) is 24.3 Å². The van der Waals surface area contributed by atoms with Crippen molar-refractivity contribution in [3.05, 3.63) is 54.4 Å². The van der Waals surface area contributed by atoms with Gasteiger partial charge in [0, 0.05) is 30.5 Å². The molecule has 214 valence electrons. The number of hydrogen-bond acceptors (Lipinski definition) is 5. The summed E-state index contributed by atoms with van der Waals surface area (Å²) in [5.74, 6) is 5.77. The van der Waals surface area contributed by atoms with Crippen LogP contribution in [-0.4, -0.2) is 31.6 Å². The van der Waals surface area contributed by atoms with E-state index in [2.05, 4.69) is 31.0 Å². The van der Waals surface area contributed by atoms with Crippen molar-refractivity contribution in [1.82, 2.24) is 5.43 Å². The zero-order chi connectivity index (χ0) is 28.8. The number of nitrogens with two attached hydrogens (primary N) is 4. The van der Waals surface area contributed by atoms with Gasteiger partial charge in [-0.05, 0) is 37.5 Å². The predicted molar refractivity (Wildman–Crippen MR) is 171 cm³/mol. The monoisotopic (exact) mass is 661 g/mol. The van der Waals surface area contributed by atoms with Gasteiger partial charge in [0.05, 0.1) is 43.4 Å². The van der Waals surface area contributed by atoms with Gasteiger partial charge in [-0.1, -0.05) is 69.5 Å². The molecule has 0 saturated carbocycles. The van der Waals surface area contributed by atoms with E-state index in [4.69, 9.17) is 69.4 Å². The second-order valence-electron chi connectivity index (χ2n) is 9.00. The molecule has 1 aliphatic heterocycles. The minimum atomic E-state index is 0.104. The molecule has 0 bridgehead atoms. The van der Waals surface area contributed by atoms with Crippen molar-refractivity contribution in [3.63, 3.8) is 0 Å². The summed E-state index contributed by atoms with van der Waals surface area (Å²) in [5.41, 5.74) is 21.1. The van der Waals surface area contributed by atoms with Gasteiger partial charge in [-0.15, -0.1) is 0 Å². The molecule has 0 unspecified atom stereocenters. The number of rotatable bonds is 11. The van der Waals surface area contributed by atoms with E-state index in [0.717, 1.165) is 69.6 Å². The molecule has 0 amide bonds. The fourth-order valence-electron chi connectivity index (χ4n) is 4.24. The Morgan fingerprint density at radius 3 is 2.45 bits per heavy atom. The number of aryl methyl sites for hydroxylation is 1. The van der Waals surface area contributed by atoms with Gasteiger partial charge in [0.25, 0.3) is 5.01 Å². The molecule has 4 rings (SSSR count). The Hall–Kier alpha value is -2.12. The number of hydrogen-bond donors (Lipinski definition) is 6. The number of fused-ring (bicyclic) bond motifs is 2. The Kier molecular flexibility index (Phi) is 10.9. The largest absolute Gasteiger partial charge is 0.370 e. The second-order valence-corrected chi connectivity index (χ2v) is 12.8. The first-order valence-corrected chi connectivity index (χ1v) is 15.7. The summed E-state index contributed by atoms with van der Waals surface area (Å²) in [5, 5.41) is 4.25. The lowest BCUT2D eigenvalue weighted by atomic mass is 10.2. The molecular weight excluding hydrogens is 632 g/mol. The van der Waals surface area contributed by atoms with Crippen LogP contribution in [-0.2, 0) is 6.54 Å². The fourth-order valence-corrected chi connectivity index (χ4v) is 7.37. The van der Waals surface area contributed by atoms with Crippen LogP contribution in [0.5, 0.6) is 0 Å². The average molecular weight is 664 g/mol. The van der Waals surface area contributed by atoms with E-state index in [0.29, 0.717) is 39.1 Å². The predicted octanol–water partition coefficient (Wildman–Crippen LogP) is 3.41. The van der Waals surface area contributed by atoms with Crippen LogP contribution in [0, 0.1) is 0 Å².